The highest BCUT2D eigenvalue weighted by atomic mass is 127. The number of amides is 1. The van der Waals surface area contributed by atoms with Gasteiger partial charge >= 0.3 is 0 Å². The van der Waals surface area contributed by atoms with E-state index in [0.717, 1.165) is 3.57 Å². The zero-order chi connectivity index (χ0) is 17.0. The average molecular weight is 448 g/mol. The number of anilines is 1. The third-order valence-corrected chi connectivity index (χ3v) is 4.65. The fourth-order valence-corrected chi connectivity index (χ4v) is 2.59. The van der Waals surface area contributed by atoms with Crippen molar-refractivity contribution in [1.29, 1.82) is 0 Å². The van der Waals surface area contributed by atoms with Crippen molar-refractivity contribution in [2.45, 2.75) is 0 Å². The SMILES string of the molecule is COc1ccc(NC(=O)c2cc(Cl)c(I)cc2OC)cc1OC. The molecule has 1 amide bonds. The molecule has 2 aromatic rings. The topological polar surface area (TPSA) is 56.8 Å². The van der Waals surface area contributed by atoms with E-state index in [0.29, 0.717) is 33.5 Å². The highest BCUT2D eigenvalue weighted by Gasteiger charge is 2.16. The van der Waals surface area contributed by atoms with E-state index in [1.165, 1.54) is 14.2 Å². The Morgan fingerprint density at radius 1 is 1.00 bits per heavy atom. The Labute approximate surface area is 153 Å². The summed E-state index contributed by atoms with van der Waals surface area (Å²) in [6.07, 6.45) is 0. The van der Waals surface area contributed by atoms with Crippen molar-refractivity contribution in [3.8, 4) is 17.2 Å². The lowest BCUT2D eigenvalue weighted by molar-refractivity contribution is 0.102. The first kappa shape index (κ1) is 17.7. The largest absolute Gasteiger partial charge is 0.496 e. The quantitative estimate of drug-likeness (QED) is 0.697. The summed E-state index contributed by atoms with van der Waals surface area (Å²) in [6, 6.07) is 8.41. The van der Waals surface area contributed by atoms with Crippen molar-refractivity contribution in [2.75, 3.05) is 26.6 Å². The van der Waals surface area contributed by atoms with Gasteiger partial charge in [-0.1, -0.05) is 11.6 Å². The molecular weight excluding hydrogens is 433 g/mol. The number of hydrogen-bond acceptors (Lipinski definition) is 4. The molecule has 0 radical (unpaired) electrons. The summed E-state index contributed by atoms with van der Waals surface area (Å²) in [5.41, 5.74) is 0.928. The Kier molecular flexibility index (Phi) is 5.95. The second-order valence-electron chi connectivity index (χ2n) is 4.49. The molecule has 0 bridgehead atoms. The van der Waals surface area contributed by atoms with E-state index in [1.54, 1.807) is 37.4 Å². The van der Waals surface area contributed by atoms with E-state index < -0.39 is 0 Å². The van der Waals surface area contributed by atoms with E-state index in [-0.39, 0.29) is 5.91 Å². The molecule has 0 spiro atoms. The van der Waals surface area contributed by atoms with Crippen LogP contribution in [0.1, 0.15) is 10.4 Å². The number of benzene rings is 2. The van der Waals surface area contributed by atoms with Gasteiger partial charge in [0, 0.05) is 15.3 Å². The first-order valence-electron chi connectivity index (χ1n) is 6.56. The first-order valence-corrected chi connectivity index (χ1v) is 8.02. The zero-order valence-corrected chi connectivity index (χ0v) is 15.7. The van der Waals surface area contributed by atoms with Crippen LogP contribution in [0.3, 0.4) is 0 Å². The number of methoxy groups -OCH3 is 3. The van der Waals surface area contributed by atoms with Crippen LogP contribution < -0.4 is 19.5 Å². The molecule has 5 nitrogen and oxygen atoms in total. The second-order valence-corrected chi connectivity index (χ2v) is 6.06. The van der Waals surface area contributed by atoms with Gasteiger partial charge in [-0.05, 0) is 46.9 Å². The minimum absolute atomic E-state index is 0.327. The van der Waals surface area contributed by atoms with Gasteiger partial charge in [0.2, 0.25) is 0 Å². The maximum absolute atomic E-state index is 12.5. The minimum Gasteiger partial charge on any atom is -0.496 e. The first-order chi connectivity index (χ1) is 11.0. The Balaban J connectivity index is 2.31. The molecule has 0 aliphatic rings. The van der Waals surface area contributed by atoms with Gasteiger partial charge in [0.15, 0.2) is 11.5 Å². The van der Waals surface area contributed by atoms with Crippen molar-refractivity contribution in [3.05, 3.63) is 44.5 Å². The molecular formula is C16H15ClINO4. The molecule has 1 N–H and O–H groups in total. The molecule has 2 aromatic carbocycles. The summed E-state index contributed by atoms with van der Waals surface area (Å²) >= 11 is 8.18. The molecule has 0 unspecified atom stereocenters. The van der Waals surface area contributed by atoms with Gasteiger partial charge in [0.05, 0.1) is 31.9 Å². The van der Waals surface area contributed by atoms with Gasteiger partial charge < -0.3 is 19.5 Å². The highest BCUT2D eigenvalue weighted by molar-refractivity contribution is 14.1. The lowest BCUT2D eigenvalue weighted by Crippen LogP contribution is -2.13. The number of ether oxygens (including phenoxy) is 3. The fraction of sp³-hybridized carbons (Fsp3) is 0.188. The van der Waals surface area contributed by atoms with Crippen molar-refractivity contribution < 1.29 is 19.0 Å². The Hall–Kier alpha value is -1.67. The molecule has 122 valence electrons. The van der Waals surface area contributed by atoms with Crippen LogP contribution in [0.4, 0.5) is 5.69 Å². The van der Waals surface area contributed by atoms with Crippen LogP contribution in [-0.4, -0.2) is 27.2 Å². The number of rotatable bonds is 5. The van der Waals surface area contributed by atoms with Crippen LogP contribution in [0.15, 0.2) is 30.3 Å². The smallest absolute Gasteiger partial charge is 0.259 e. The molecule has 0 aliphatic carbocycles. The van der Waals surface area contributed by atoms with Crippen molar-refractivity contribution >= 4 is 45.8 Å². The summed E-state index contributed by atoms with van der Waals surface area (Å²) < 4.78 is 16.5. The lowest BCUT2D eigenvalue weighted by Gasteiger charge is -2.13. The molecule has 0 heterocycles. The minimum atomic E-state index is -0.327. The van der Waals surface area contributed by atoms with Crippen LogP contribution in [0.2, 0.25) is 5.02 Å². The molecule has 0 saturated heterocycles. The van der Waals surface area contributed by atoms with Gasteiger partial charge in [-0.2, -0.15) is 0 Å². The Bertz CT molecular complexity index is 736. The summed E-state index contributed by atoms with van der Waals surface area (Å²) in [5.74, 6) is 1.24. The van der Waals surface area contributed by atoms with Crippen LogP contribution in [0, 0.1) is 3.57 Å². The molecule has 0 fully saturated rings. The van der Waals surface area contributed by atoms with E-state index in [4.69, 9.17) is 25.8 Å². The third-order valence-electron chi connectivity index (χ3n) is 3.13. The normalized spacial score (nSPS) is 10.1. The van der Waals surface area contributed by atoms with Gasteiger partial charge in [0.1, 0.15) is 5.75 Å². The van der Waals surface area contributed by atoms with Gasteiger partial charge in [-0.25, -0.2) is 0 Å². The predicted octanol–water partition coefficient (Wildman–Crippen LogP) is 4.22. The summed E-state index contributed by atoms with van der Waals surface area (Å²) in [5, 5.41) is 3.28. The average Bonchev–Trinajstić information content (AvgIpc) is 2.56. The van der Waals surface area contributed by atoms with Gasteiger partial charge in [0.25, 0.3) is 5.91 Å². The number of hydrogen-bond donors (Lipinski definition) is 1. The third kappa shape index (κ3) is 4.00. The van der Waals surface area contributed by atoms with Crippen molar-refractivity contribution in [3.63, 3.8) is 0 Å². The maximum atomic E-state index is 12.5. The maximum Gasteiger partial charge on any atom is 0.259 e. The molecule has 0 atom stereocenters. The molecule has 0 aromatic heterocycles. The van der Waals surface area contributed by atoms with Crippen molar-refractivity contribution in [1.82, 2.24) is 0 Å². The standard InChI is InChI=1S/C16H15ClINO4/c1-21-13-5-4-9(6-15(13)23-3)19-16(20)10-7-11(17)12(18)8-14(10)22-2/h4-8H,1-3H3,(H,19,20). The van der Waals surface area contributed by atoms with E-state index >= 15 is 0 Å². The van der Waals surface area contributed by atoms with E-state index in [1.807, 2.05) is 0 Å². The zero-order valence-electron chi connectivity index (χ0n) is 12.8. The monoisotopic (exact) mass is 447 g/mol. The second kappa shape index (κ2) is 7.74. The van der Waals surface area contributed by atoms with Gasteiger partial charge in [-0.3, -0.25) is 4.79 Å². The summed E-state index contributed by atoms with van der Waals surface area (Å²) in [4.78, 5) is 12.5. The number of carbonyl (C=O) groups excluding carboxylic acids is 1. The highest BCUT2D eigenvalue weighted by Crippen LogP contribution is 2.31. The van der Waals surface area contributed by atoms with Crippen LogP contribution in [0.5, 0.6) is 17.2 Å². The number of nitrogens with one attached hydrogen (secondary N) is 1. The lowest BCUT2D eigenvalue weighted by atomic mass is 10.1. The predicted molar refractivity (Wildman–Crippen MR) is 98.2 cm³/mol. The number of carbonyl (C=O) groups is 1. The summed E-state index contributed by atoms with van der Waals surface area (Å²) in [7, 11) is 4.59. The Morgan fingerprint density at radius 3 is 2.26 bits per heavy atom. The van der Waals surface area contributed by atoms with Crippen molar-refractivity contribution in [2.24, 2.45) is 0 Å². The number of halogens is 2. The summed E-state index contributed by atoms with van der Waals surface area (Å²) in [6.45, 7) is 0. The van der Waals surface area contributed by atoms with E-state index in [9.17, 15) is 4.79 Å². The molecule has 0 aliphatic heterocycles. The Morgan fingerprint density at radius 2 is 1.65 bits per heavy atom. The molecule has 23 heavy (non-hydrogen) atoms. The van der Waals surface area contributed by atoms with Gasteiger partial charge in [-0.15, -0.1) is 0 Å². The van der Waals surface area contributed by atoms with Crippen LogP contribution in [-0.2, 0) is 0 Å². The van der Waals surface area contributed by atoms with Crippen LogP contribution >= 0.6 is 34.2 Å². The molecule has 2 rings (SSSR count). The fourth-order valence-electron chi connectivity index (χ4n) is 1.99. The van der Waals surface area contributed by atoms with E-state index in [2.05, 4.69) is 27.9 Å². The molecule has 7 heteroatoms. The van der Waals surface area contributed by atoms with Crippen LogP contribution in [0.25, 0.3) is 0 Å². The molecule has 0 saturated carbocycles.